The second-order valence-corrected chi connectivity index (χ2v) is 7.09. The average molecular weight is 394 g/mol. The van der Waals surface area contributed by atoms with E-state index in [0.29, 0.717) is 13.0 Å². The highest BCUT2D eigenvalue weighted by Gasteiger charge is 2.25. The topological polar surface area (TPSA) is 126 Å². The molecule has 3 N–H and O–H groups in total. The maximum absolute atomic E-state index is 12.4. The van der Waals surface area contributed by atoms with Gasteiger partial charge in [0.05, 0.1) is 12.2 Å². The van der Waals surface area contributed by atoms with Crippen molar-refractivity contribution >= 4 is 51.5 Å². The van der Waals surface area contributed by atoms with Gasteiger partial charge in [-0.25, -0.2) is 9.78 Å². The molecule has 3 heterocycles. The van der Waals surface area contributed by atoms with E-state index in [4.69, 9.17) is 0 Å². The molecule has 0 fully saturated rings. The lowest BCUT2D eigenvalue weighted by atomic mass is 10.2. The Morgan fingerprint density at radius 3 is 2.88 bits per heavy atom. The van der Waals surface area contributed by atoms with E-state index in [9.17, 15) is 19.2 Å². The Bertz CT molecular complexity index is 888. The van der Waals surface area contributed by atoms with Gasteiger partial charge in [-0.05, 0) is 18.4 Å². The lowest BCUT2D eigenvalue weighted by Gasteiger charge is -2.09. The van der Waals surface area contributed by atoms with Gasteiger partial charge in [0.25, 0.3) is 17.7 Å². The standard InChI is InChI=1S/C15H14N4O5S2/c1-2-24-15(23)19-10(20)7-4-6-25-13(7)18-12(22)14-17-9-8(26-14)3-5-16-11(9)21/h4,6H,2-3,5H2,1H3,(H,16,21)(H,18,22)(H,19,20,23). The number of thiophene rings is 1. The number of amides is 4. The minimum absolute atomic E-state index is 0.134. The first-order valence-corrected chi connectivity index (χ1v) is 9.34. The van der Waals surface area contributed by atoms with Crippen LogP contribution in [0.3, 0.4) is 0 Å². The van der Waals surface area contributed by atoms with E-state index in [-0.39, 0.29) is 33.8 Å². The number of rotatable bonds is 4. The summed E-state index contributed by atoms with van der Waals surface area (Å²) >= 11 is 2.28. The van der Waals surface area contributed by atoms with Crippen molar-refractivity contribution in [2.45, 2.75) is 13.3 Å². The molecule has 0 spiro atoms. The lowest BCUT2D eigenvalue weighted by Crippen LogP contribution is -2.31. The van der Waals surface area contributed by atoms with E-state index in [2.05, 4.69) is 25.7 Å². The third-order valence-corrected chi connectivity index (χ3v) is 5.32. The minimum atomic E-state index is -0.861. The van der Waals surface area contributed by atoms with Crippen LogP contribution >= 0.6 is 22.7 Å². The number of carbonyl (C=O) groups is 4. The first-order valence-electron chi connectivity index (χ1n) is 7.64. The van der Waals surface area contributed by atoms with Gasteiger partial charge in [0.1, 0.15) is 10.7 Å². The van der Waals surface area contributed by atoms with Gasteiger partial charge in [0, 0.05) is 17.8 Å². The molecule has 9 nitrogen and oxygen atoms in total. The number of alkyl carbamates (subject to hydrolysis) is 1. The molecule has 3 rings (SSSR count). The quantitative estimate of drug-likeness (QED) is 0.723. The highest BCUT2D eigenvalue weighted by molar-refractivity contribution is 7.15. The van der Waals surface area contributed by atoms with Crippen LogP contribution in [0, 0.1) is 0 Å². The SMILES string of the molecule is CCOC(=O)NC(=O)c1ccsc1NC(=O)c1nc2c(s1)CCNC2=O. The molecule has 2 aromatic rings. The number of nitrogens with zero attached hydrogens (tertiary/aromatic N) is 1. The van der Waals surface area contributed by atoms with E-state index < -0.39 is 17.9 Å². The zero-order chi connectivity index (χ0) is 18.7. The van der Waals surface area contributed by atoms with Crippen molar-refractivity contribution in [1.29, 1.82) is 0 Å². The Labute approximate surface area is 155 Å². The summed E-state index contributed by atoms with van der Waals surface area (Å²) in [5.41, 5.74) is 0.397. The molecule has 0 aromatic carbocycles. The van der Waals surface area contributed by atoms with E-state index in [0.717, 1.165) is 27.6 Å². The monoisotopic (exact) mass is 394 g/mol. The van der Waals surface area contributed by atoms with Crippen molar-refractivity contribution in [2.24, 2.45) is 0 Å². The van der Waals surface area contributed by atoms with Gasteiger partial charge in [-0.2, -0.15) is 0 Å². The lowest BCUT2D eigenvalue weighted by molar-refractivity contribution is 0.0921. The maximum atomic E-state index is 12.4. The van der Waals surface area contributed by atoms with Crippen molar-refractivity contribution in [1.82, 2.24) is 15.6 Å². The Hall–Kier alpha value is -2.79. The smallest absolute Gasteiger partial charge is 0.414 e. The summed E-state index contributed by atoms with van der Waals surface area (Å²) in [4.78, 5) is 52.5. The van der Waals surface area contributed by atoms with Crippen LogP contribution in [0.2, 0.25) is 0 Å². The summed E-state index contributed by atoms with van der Waals surface area (Å²) in [6, 6.07) is 1.48. The maximum Gasteiger partial charge on any atom is 0.414 e. The molecule has 0 saturated carbocycles. The summed E-state index contributed by atoms with van der Waals surface area (Å²) < 4.78 is 4.66. The Morgan fingerprint density at radius 1 is 1.35 bits per heavy atom. The number of hydrogen-bond acceptors (Lipinski definition) is 8. The fourth-order valence-electron chi connectivity index (χ4n) is 2.24. The van der Waals surface area contributed by atoms with Crippen LogP contribution in [0.25, 0.3) is 0 Å². The van der Waals surface area contributed by atoms with Gasteiger partial charge < -0.3 is 15.4 Å². The van der Waals surface area contributed by atoms with Crippen LogP contribution in [-0.2, 0) is 11.2 Å². The van der Waals surface area contributed by atoms with Crippen molar-refractivity contribution in [3.63, 3.8) is 0 Å². The molecule has 0 bridgehead atoms. The van der Waals surface area contributed by atoms with Crippen molar-refractivity contribution in [3.8, 4) is 0 Å². The molecule has 11 heteroatoms. The van der Waals surface area contributed by atoms with Crippen molar-refractivity contribution < 1.29 is 23.9 Å². The number of ether oxygens (including phenoxy) is 1. The number of carbonyl (C=O) groups excluding carboxylic acids is 4. The fourth-order valence-corrected chi connectivity index (χ4v) is 3.97. The number of fused-ring (bicyclic) bond motifs is 1. The summed E-state index contributed by atoms with van der Waals surface area (Å²) in [5, 5.41) is 9.35. The van der Waals surface area contributed by atoms with Crippen LogP contribution in [0.5, 0.6) is 0 Å². The molecule has 26 heavy (non-hydrogen) atoms. The largest absolute Gasteiger partial charge is 0.450 e. The molecule has 0 aliphatic carbocycles. The zero-order valence-corrected chi connectivity index (χ0v) is 15.2. The molecule has 4 amide bonds. The van der Waals surface area contributed by atoms with Gasteiger partial charge >= 0.3 is 6.09 Å². The predicted octanol–water partition coefficient (Wildman–Crippen LogP) is 1.63. The van der Waals surface area contributed by atoms with E-state index in [1.165, 1.54) is 6.07 Å². The van der Waals surface area contributed by atoms with E-state index in [1.807, 2.05) is 0 Å². The van der Waals surface area contributed by atoms with Gasteiger partial charge in [-0.1, -0.05) is 0 Å². The third-order valence-electron chi connectivity index (χ3n) is 3.37. The average Bonchev–Trinajstić information content (AvgIpc) is 3.22. The normalized spacial score (nSPS) is 12.7. The number of nitrogens with one attached hydrogen (secondary N) is 3. The second kappa shape index (κ2) is 7.62. The Morgan fingerprint density at radius 2 is 2.15 bits per heavy atom. The Balaban J connectivity index is 1.73. The van der Waals surface area contributed by atoms with Crippen molar-refractivity contribution in [3.05, 3.63) is 32.6 Å². The van der Waals surface area contributed by atoms with E-state index >= 15 is 0 Å². The van der Waals surface area contributed by atoms with Crippen LogP contribution < -0.4 is 16.0 Å². The highest BCUT2D eigenvalue weighted by atomic mass is 32.1. The molecular weight excluding hydrogens is 380 g/mol. The van der Waals surface area contributed by atoms with Gasteiger partial charge in [0.15, 0.2) is 5.01 Å². The molecule has 136 valence electrons. The summed E-state index contributed by atoms with van der Waals surface area (Å²) in [5.74, 6) is -1.50. The fraction of sp³-hybridized carbons (Fsp3) is 0.267. The predicted molar refractivity (Wildman–Crippen MR) is 94.9 cm³/mol. The number of imide groups is 1. The van der Waals surface area contributed by atoms with Gasteiger partial charge in [-0.3, -0.25) is 19.7 Å². The molecule has 0 radical (unpaired) electrons. The van der Waals surface area contributed by atoms with Crippen LogP contribution in [0.1, 0.15) is 42.4 Å². The first-order chi connectivity index (χ1) is 12.5. The number of anilines is 1. The molecule has 2 aromatic heterocycles. The van der Waals surface area contributed by atoms with Crippen LogP contribution in [0.4, 0.5) is 9.80 Å². The molecule has 0 saturated heterocycles. The van der Waals surface area contributed by atoms with Crippen molar-refractivity contribution in [2.75, 3.05) is 18.5 Å². The Kier molecular flexibility index (Phi) is 5.28. The summed E-state index contributed by atoms with van der Waals surface area (Å²) in [6.45, 7) is 2.26. The number of aromatic nitrogens is 1. The molecular formula is C15H14N4O5S2. The van der Waals surface area contributed by atoms with Gasteiger partial charge in [0.2, 0.25) is 0 Å². The van der Waals surface area contributed by atoms with Gasteiger partial charge in [-0.15, -0.1) is 22.7 Å². The summed E-state index contributed by atoms with van der Waals surface area (Å²) in [7, 11) is 0. The number of hydrogen-bond donors (Lipinski definition) is 3. The number of thiazole rings is 1. The molecule has 1 aliphatic heterocycles. The van der Waals surface area contributed by atoms with Crippen LogP contribution in [0.15, 0.2) is 11.4 Å². The zero-order valence-electron chi connectivity index (χ0n) is 13.6. The molecule has 0 atom stereocenters. The highest BCUT2D eigenvalue weighted by Crippen LogP contribution is 2.26. The molecule has 1 aliphatic rings. The second-order valence-electron chi connectivity index (χ2n) is 5.09. The summed E-state index contributed by atoms with van der Waals surface area (Å²) in [6.07, 6.45) is -0.238. The minimum Gasteiger partial charge on any atom is -0.450 e. The van der Waals surface area contributed by atoms with Crippen LogP contribution in [-0.4, -0.2) is 42.0 Å². The third kappa shape index (κ3) is 3.73. The first kappa shape index (κ1) is 18.0. The van der Waals surface area contributed by atoms with E-state index in [1.54, 1.807) is 12.3 Å². The molecule has 0 unspecified atom stereocenters.